The number of carbonyl (C=O) groups is 1. The second-order valence-corrected chi connectivity index (χ2v) is 8.63. The molecule has 0 aliphatic rings. The van der Waals surface area contributed by atoms with Crippen molar-refractivity contribution in [3.8, 4) is 0 Å². The van der Waals surface area contributed by atoms with Crippen molar-refractivity contribution in [1.82, 2.24) is 8.96 Å². The van der Waals surface area contributed by atoms with Gasteiger partial charge >= 0.3 is 0 Å². The maximum atomic E-state index is 12.5. The fourth-order valence-corrected chi connectivity index (χ4v) is 3.72. The molecule has 1 heterocycles. The number of hydrogen-bond acceptors (Lipinski definition) is 7. The van der Waals surface area contributed by atoms with Crippen LogP contribution < -0.4 is 11.1 Å². The molecule has 1 amide bonds. The highest BCUT2D eigenvalue weighted by Gasteiger charge is 2.24. The summed E-state index contributed by atoms with van der Waals surface area (Å²) in [7, 11) is -3.69. The maximum Gasteiger partial charge on any atom is 0.269 e. The van der Waals surface area contributed by atoms with Gasteiger partial charge in [0, 0.05) is 23.4 Å². The monoisotopic (exact) mass is 403 g/mol. The number of nitrogens with two attached hydrogens (primary N) is 1. The summed E-state index contributed by atoms with van der Waals surface area (Å²) < 4.78 is 25.9. The Morgan fingerprint density at radius 1 is 1.21 bits per heavy atom. The molecule has 2 aromatic carbocycles. The Morgan fingerprint density at radius 3 is 2.43 bits per heavy atom. The van der Waals surface area contributed by atoms with Crippen molar-refractivity contribution in [3.05, 3.63) is 58.1 Å². The van der Waals surface area contributed by atoms with Gasteiger partial charge in [-0.3, -0.25) is 14.9 Å². The minimum Gasteiger partial charge on any atom is -0.368 e. The highest BCUT2D eigenvalue weighted by molar-refractivity contribution is 7.90. The number of amides is 1. The standard InChI is InChI=1S/C17H17N5O5S/c1-10(2)28(26,27)21-15-8-5-12(9-14(15)20-17(21)18)19-16(23)11-3-6-13(7-4-11)22(24)25/h3-10H,1-2H3,(H2,18,20)(H,19,23). The molecule has 10 nitrogen and oxygen atoms in total. The fourth-order valence-electron chi connectivity index (χ4n) is 2.57. The van der Waals surface area contributed by atoms with Gasteiger partial charge in [0.2, 0.25) is 16.0 Å². The predicted molar refractivity (Wildman–Crippen MR) is 105 cm³/mol. The summed E-state index contributed by atoms with van der Waals surface area (Å²) in [5, 5.41) is 12.6. The van der Waals surface area contributed by atoms with Crippen LogP contribution in [0.25, 0.3) is 11.0 Å². The minimum atomic E-state index is -3.69. The Hall–Kier alpha value is -3.47. The van der Waals surface area contributed by atoms with Crippen LogP contribution in [-0.4, -0.2) is 33.5 Å². The van der Waals surface area contributed by atoms with Crippen LogP contribution in [0.15, 0.2) is 42.5 Å². The Bertz CT molecular complexity index is 1180. The third kappa shape index (κ3) is 3.39. The average Bonchev–Trinajstić information content (AvgIpc) is 2.97. The molecule has 3 aromatic rings. The van der Waals surface area contributed by atoms with Gasteiger partial charge in [0.15, 0.2) is 0 Å². The number of imidazole rings is 1. The topological polar surface area (TPSA) is 150 Å². The van der Waals surface area contributed by atoms with Gasteiger partial charge < -0.3 is 11.1 Å². The van der Waals surface area contributed by atoms with E-state index in [9.17, 15) is 23.3 Å². The summed E-state index contributed by atoms with van der Waals surface area (Å²) >= 11 is 0. The minimum absolute atomic E-state index is 0.120. The van der Waals surface area contributed by atoms with E-state index in [1.54, 1.807) is 13.8 Å². The lowest BCUT2D eigenvalue weighted by molar-refractivity contribution is -0.384. The Kier molecular flexibility index (Phi) is 4.77. The van der Waals surface area contributed by atoms with E-state index in [-0.39, 0.29) is 17.2 Å². The van der Waals surface area contributed by atoms with Gasteiger partial charge in [-0.1, -0.05) is 0 Å². The number of hydrogen-bond donors (Lipinski definition) is 2. The number of non-ortho nitro benzene ring substituents is 1. The van der Waals surface area contributed by atoms with E-state index >= 15 is 0 Å². The molecule has 0 atom stereocenters. The Morgan fingerprint density at radius 2 is 1.86 bits per heavy atom. The van der Waals surface area contributed by atoms with E-state index in [4.69, 9.17) is 5.73 Å². The van der Waals surface area contributed by atoms with E-state index < -0.39 is 26.1 Å². The van der Waals surface area contributed by atoms with Gasteiger partial charge in [0.25, 0.3) is 11.6 Å². The van der Waals surface area contributed by atoms with Crippen molar-refractivity contribution in [2.45, 2.75) is 19.1 Å². The zero-order chi connectivity index (χ0) is 20.6. The first kappa shape index (κ1) is 19.3. The molecule has 0 aliphatic carbocycles. The first-order chi connectivity index (χ1) is 13.1. The maximum absolute atomic E-state index is 12.5. The van der Waals surface area contributed by atoms with E-state index in [0.29, 0.717) is 16.7 Å². The van der Waals surface area contributed by atoms with E-state index in [1.807, 2.05) is 0 Å². The largest absolute Gasteiger partial charge is 0.368 e. The molecule has 0 spiro atoms. The molecule has 0 radical (unpaired) electrons. The normalized spacial score (nSPS) is 11.7. The summed E-state index contributed by atoms with van der Waals surface area (Å²) in [5.41, 5.74) is 6.89. The van der Waals surface area contributed by atoms with Crippen LogP contribution in [0.5, 0.6) is 0 Å². The summed E-state index contributed by atoms with van der Waals surface area (Å²) in [4.78, 5) is 26.5. The third-order valence-corrected chi connectivity index (χ3v) is 6.17. The van der Waals surface area contributed by atoms with Crippen LogP contribution in [-0.2, 0) is 10.0 Å². The fraction of sp³-hybridized carbons (Fsp3) is 0.176. The number of carbonyl (C=O) groups excluding carboxylic acids is 1. The number of nitro groups is 1. The number of benzene rings is 2. The molecule has 0 aliphatic heterocycles. The SMILES string of the molecule is CC(C)S(=O)(=O)n1c(N)nc2cc(NC(=O)c3ccc([N+](=O)[O-])cc3)ccc21. The molecule has 11 heteroatoms. The number of fused-ring (bicyclic) bond motifs is 1. The van der Waals surface area contributed by atoms with Gasteiger partial charge in [0.1, 0.15) is 0 Å². The van der Waals surface area contributed by atoms with Crippen LogP contribution in [0.2, 0.25) is 0 Å². The van der Waals surface area contributed by atoms with Crippen molar-refractivity contribution < 1.29 is 18.1 Å². The van der Waals surface area contributed by atoms with Gasteiger partial charge in [-0.15, -0.1) is 0 Å². The van der Waals surface area contributed by atoms with Crippen LogP contribution >= 0.6 is 0 Å². The van der Waals surface area contributed by atoms with Crippen LogP contribution in [0.4, 0.5) is 17.3 Å². The lowest BCUT2D eigenvalue weighted by Crippen LogP contribution is -2.23. The van der Waals surface area contributed by atoms with Gasteiger partial charge in [-0.05, 0) is 44.2 Å². The molecule has 146 valence electrons. The number of nitrogens with one attached hydrogen (secondary N) is 1. The molecule has 3 rings (SSSR count). The smallest absolute Gasteiger partial charge is 0.269 e. The Balaban J connectivity index is 1.91. The van der Waals surface area contributed by atoms with Crippen molar-refractivity contribution in [3.63, 3.8) is 0 Å². The van der Waals surface area contributed by atoms with E-state index in [0.717, 1.165) is 3.97 Å². The first-order valence-corrected chi connectivity index (χ1v) is 9.69. The molecule has 28 heavy (non-hydrogen) atoms. The lowest BCUT2D eigenvalue weighted by atomic mass is 10.2. The molecule has 1 aromatic heterocycles. The van der Waals surface area contributed by atoms with E-state index in [1.165, 1.54) is 42.5 Å². The van der Waals surface area contributed by atoms with E-state index in [2.05, 4.69) is 10.3 Å². The second kappa shape index (κ2) is 6.93. The first-order valence-electron chi connectivity index (χ1n) is 8.19. The number of nitrogen functional groups attached to an aromatic ring is 1. The zero-order valence-electron chi connectivity index (χ0n) is 15.0. The number of nitrogens with zero attached hydrogens (tertiary/aromatic N) is 3. The van der Waals surface area contributed by atoms with Crippen molar-refractivity contribution in [1.29, 1.82) is 0 Å². The average molecular weight is 403 g/mol. The Labute approximate surface area is 160 Å². The second-order valence-electron chi connectivity index (χ2n) is 6.29. The highest BCUT2D eigenvalue weighted by Crippen LogP contribution is 2.25. The number of rotatable bonds is 5. The molecular weight excluding hydrogens is 386 g/mol. The van der Waals surface area contributed by atoms with Crippen LogP contribution in [0.1, 0.15) is 24.2 Å². The highest BCUT2D eigenvalue weighted by atomic mass is 32.2. The molecule has 0 saturated heterocycles. The molecule has 0 bridgehead atoms. The summed E-state index contributed by atoms with van der Waals surface area (Å²) in [6.45, 7) is 3.08. The van der Waals surface area contributed by atoms with Crippen molar-refractivity contribution >= 4 is 44.3 Å². The summed E-state index contributed by atoms with van der Waals surface area (Å²) in [6.07, 6.45) is 0. The molecular formula is C17H17N5O5S. The number of anilines is 2. The summed E-state index contributed by atoms with van der Waals surface area (Å²) in [5.74, 6) is -0.640. The number of nitro benzene ring substituents is 1. The molecule has 0 fully saturated rings. The predicted octanol–water partition coefficient (Wildman–Crippen LogP) is 2.37. The van der Waals surface area contributed by atoms with Gasteiger partial charge in [-0.2, -0.15) is 0 Å². The molecule has 0 unspecified atom stereocenters. The third-order valence-electron chi connectivity index (χ3n) is 4.09. The molecule has 3 N–H and O–H groups in total. The zero-order valence-corrected chi connectivity index (χ0v) is 15.8. The summed E-state index contributed by atoms with van der Waals surface area (Å²) in [6, 6.07) is 9.68. The number of aromatic nitrogens is 2. The van der Waals surface area contributed by atoms with Gasteiger partial charge in [0.05, 0.1) is 21.2 Å². The lowest BCUT2D eigenvalue weighted by Gasteiger charge is -2.11. The van der Waals surface area contributed by atoms with Crippen molar-refractivity contribution in [2.75, 3.05) is 11.1 Å². The molecule has 0 saturated carbocycles. The van der Waals surface area contributed by atoms with Crippen LogP contribution in [0.3, 0.4) is 0 Å². The van der Waals surface area contributed by atoms with Gasteiger partial charge in [-0.25, -0.2) is 17.4 Å². The van der Waals surface area contributed by atoms with Crippen LogP contribution in [0, 0.1) is 10.1 Å². The quantitative estimate of drug-likeness (QED) is 0.490. The van der Waals surface area contributed by atoms with Crippen molar-refractivity contribution in [2.24, 2.45) is 0 Å².